The maximum absolute atomic E-state index is 12.5. The van der Waals surface area contributed by atoms with Crippen LogP contribution in [0.3, 0.4) is 0 Å². The normalized spacial score (nSPS) is 26.8. The number of nitrogens with one attached hydrogen (secondary N) is 1. The van der Waals surface area contributed by atoms with Crippen molar-refractivity contribution < 1.29 is 14.3 Å². The van der Waals surface area contributed by atoms with Gasteiger partial charge in [0.1, 0.15) is 11.9 Å². The fourth-order valence-electron chi connectivity index (χ4n) is 4.60. The third-order valence-electron chi connectivity index (χ3n) is 6.07. The molecule has 0 saturated heterocycles. The van der Waals surface area contributed by atoms with E-state index >= 15 is 0 Å². The van der Waals surface area contributed by atoms with Crippen molar-refractivity contribution in [2.24, 2.45) is 17.8 Å². The van der Waals surface area contributed by atoms with Crippen molar-refractivity contribution in [2.75, 3.05) is 13.7 Å². The van der Waals surface area contributed by atoms with E-state index in [-0.39, 0.29) is 17.9 Å². The Hall–Kier alpha value is -2.89. The monoisotopic (exact) mass is 377 g/mol. The van der Waals surface area contributed by atoms with Gasteiger partial charge in [-0.1, -0.05) is 12.2 Å². The van der Waals surface area contributed by atoms with E-state index < -0.39 is 0 Å². The summed E-state index contributed by atoms with van der Waals surface area (Å²) < 4.78 is 11.1. The van der Waals surface area contributed by atoms with Crippen molar-refractivity contribution in [1.29, 1.82) is 0 Å². The minimum Gasteiger partial charge on any atom is -0.488 e. The van der Waals surface area contributed by atoms with Crippen LogP contribution in [-0.4, -0.2) is 35.9 Å². The Morgan fingerprint density at radius 3 is 2.86 bits per heavy atom. The Morgan fingerprint density at radius 2 is 2.14 bits per heavy atom. The Balaban J connectivity index is 1.21. The predicted octanol–water partition coefficient (Wildman–Crippen LogP) is 2.78. The first-order valence-corrected chi connectivity index (χ1v) is 9.83. The molecule has 2 aromatic rings. The van der Waals surface area contributed by atoms with Crippen LogP contribution in [0.1, 0.15) is 18.4 Å². The molecule has 0 radical (unpaired) electrons. The Bertz CT molecular complexity index is 925. The summed E-state index contributed by atoms with van der Waals surface area (Å²) in [6.07, 6.45) is 7.36. The standard InChI is InChI=1S/C22H23N3O3/c1-27-21-7-5-19(24-25-21)15-4-6-20-16(10-15)11-17(28-20)12-23-22(26)18-9-13-2-3-14(18)8-13/h2-7,10,13-14,17-18H,8-9,11-12H2,1H3,(H,23,26)/t13-,14+,17-,18-/m1/s1. The quantitative estimate of drug-likeness (QED) is 0.811. The lowest BCUT2D eigenvalue weighted by atomic mass is 9.93. The molecule has 1 aliphatic heterocycles. The summed E-state index contributed by atoms with van der Waals surface area (Å²) in [6, 6.07) is 9.74. The SMILES string of the molecule is COc1ccc(-c2ccc3c(c2)C[C@H](CNC(=O)[C@@H]2C[C@@H]4C=C[C@H]2C4)O3)nn1. The van der Waals surface area contributed by atoms with E-state index in [0.29, 0.717) is 24.3 Å². The summed E-state index contributed by atoms with van der Waals surface area (Å²) >= 11 is 0. The first-order valence-electron chi connectivity index (χ1n) is 9.83. The number of hydrogen-bond donors (Lipinski definition) is 1. The van der Waals surface area contributed by atoms with E-state index in [9.17, 15) is 4.79 Å². The molecule has 5 rings (SSSR count). The molecule has 1 aromatic carbocycles. The van der Waals surface area contributed by atoms with Gasteiger partial charge in [-0.3, -0.25) is 4.79 Å². The van der Waals surface area contributed by atoms with Crippen LogP contribution >= 0.6 is 0 Å². The molecule has 0 unspecified atom stereocenters. The largest absolute Gasteiger partial charge is 0.488 e. The smallest absolute Gasteiger partial charge is 0.233 e. The number of carbonyl (C=O) groups excluding carboxylic acids is 1. The van der Waals surface area contributed by atoms with Crippen LogP contribution in [0.2, 0.25) is 0 Å². The molecule has 6 nitrogen and oxygen atoms in total. The maximum atomic E-state index is 12.5. The Labute approximate surface area is 164 Å². The number of amides is 1. The van der Waals surface area contributed by atoms with Crippen molar-refractivity contribution in [1.82, 2.24) is 15.5 Å². The molecule has 1 saturated carbocycles. The molecular weight excluding hydrogens is 354 g/mol. The highest BCUT2D eigenvalue weighted by Crippen LogP contribution is 2.43. The molecule has 1 N–H and O–H groups in total. The average Bonchev–Trinajstić information content (AvgIpc) is 3.46. The van der Waals surface area contributed by atoms with Gasteiger partial charge in [0.15, 0.2) is 0 Å². The Morgan fingerprint density at radius 1 is 1.21 bits per heavy atom. The van der Waals surface area contributed by atoms with Crippen LogP contribution in [-0.2, 0) is 11.2 Å². The molecular formula is C22H23N3O3. The highest BCUT2D eigenvalue weighted by atomic mass is 16.5. The zero-order valence-corrected chi connectivity index (χ0v) is 15.8. The van der Waals surface area contributed by atoms with Crippen molar-refractivity contribution in [3.05, 3.63) is 48.0 Å². The molecule has 6 heteroatoms. The number of ether oxygens (including phenoxy) is 2. The number of hydrogen-bond acceptors (Lipinski definition) is 5. The lowest BCUT2D eigenvalue weighted by Gasteiger charge is -2.19. The third-order valence-corrected chi connectivity index (χ3v) is 6.07. The van der Waals surface area contributed by atoms with Crippen molar-refractivity contribution in [3.8, 4) is 22.9 Å². The van der Waals surface area contributed by atoms with Gasteiger partial charge in [0.05, 0.1) is 19.3 Å². The second kappa shape index (κ2) is 6.93. The van der Waals surface area contributed by atoms with Gasteiger partial charge in [0.25, 0.3) is 0 Å². The molecule has 4 atom stereocenters. The van der Waals surface area contributed by atoms with E-state index in [1.807, 2.05) is 18.2 Å². The summed E-state index contributed by atoms with van der Waals surface area (Å²) in [5.74, 6) is 2.72. The van der Waals surface area contributed by atoms with E-state index in [1.165, 1.54) is 0 Å². The second-order valence-electron chi connectivity index (χ2n) is 7.86. The zero-order chi connectivity index (χ0) is 19.1. The fraction of sp³-hybridized carbons (Fsp3) is 0.409. The zero-order valence-electron chi connectivity index (χ0n) is 15.8. The van der Waals surface area contributed by atoms with Crippen molar-refractivity contribution in [2.45, 2.75) is 25.4 Å². The van der Waals surface area contributed by atoms with Crippen LogP contribution in [0.15, 0.2) is 42.5 Å². The van der Waals surface area contributed by atoms with Gasteiger partial charge >= 0.3 is 0 Å². The number of carbonyl (C=O) groups is 1. The summed E-state index contributed by atoms with van der Waals surface area (Å²) in [7, 11) is 1.57. The van der Waals surface area contributed by atoms with Gasteiger partial charge < -0.3 is 14.8 Å². The molecule has 2 bridgehead atoms. The molecule has 2 aliphatic carbocycles. The summed E-state index contributed by atoms with van der Waals surface area (Å²) in [5.41, 5.74) is 2.93. The van der Waals surface area contributed by atoms with Crippen LogP contribution in [0.5, 0.6) is 11.6 Å². The van der Waals surface area contributed by atoms with E-state index in [1.54, 1.807) is 13.2 Å². The van der Waals surface area contributed by atoms with Gasteiger partial charge in [-0.05, 0) is 54.5 Å². The third kappa shape index (κ3) is 3.13. The molecule has 1 fully saturated rings. The molecule has 1 amide bonds. The summed E-state index contributed by atoms with van der Waals surface area (Å²) in [5, 5.41) is 11.3. The first-order chi connectivity index (χ1) is 13.7. The maximum Gasteiger partial charge on any atom is 0.233 e. The number of fused-ring (bicyclic) bond motifs is 3. The van der Waals surface area contributed by atoms with Crippen LogP contribution in [0, 0.1) is 17.8 Å². The number of rotatable bonds is 5. The highest BCUT2D eigenvalue weighted by Gasteiger charge is 2.40. The van der Waals surface area contributed by atoms with Gasteiger partial charge in [-0.15, -0.1) is 10.2 Å². The van der Waals surface area contributed by atoms with Crippen LogP contribution < -0.4 is 14.8 Å². The van der Waals surface area contributed by atoms with E-state index in [4.69, 9.17) is 9.47 Å². The lowest BCUT2D eigenvalue weighted by molar-refractivity contribution is -0.126. The second-order valence-corrected chi connectivity index (χ2v) is 7.86. The number of nitrogens with zero attached hydrogens (tertiary/aromatic N) is 2. The van der Waals surface area contributed by atoms with Gasteiger partial charge in [-0.25, -0.2) is 0 Å². The molecule has 2 heterocycles. The van der Waals surface area contributed by atoms with Crippen molar-refractivity contribution in [3.63, 3.8) is 0 Å². The van der Waals surface area contributed by atoms with E-state index in [0.717, 1.165) is 41.8 Å². The summed E-state index contributed by atoms with van der Waals surface area (Å²) in [6.45, 7) is 0.544. The van der Waals surface area contributed by atoms with Crippen LogP contribution in [0.4, 0.5) is 0 Å². The van der Waals surface area contributed by atoms with Crippen molar-refractivity contribution >= 4 is 5.91 Å². The lowest BCUT2D eigenvalue weighted by Crippen LogP contribution is -2.39. The number of aromatic nitrogens is 2. The highest BCUT2D eigenvalue weighted by molar-refractivity contribution is 5.80. The number of benzene rings is 1. The van der Waals surface area contributed by atoms with Crippen LogP contribution in [0.25, 0.3) is 11.3 Å². The molecule has 1 aromatic heterocycles. The predicted molar refractivity (Wildman–Crippen MR) is 104 cm³/mol. The minimum absolute atomic E-state index is 0.0229. The average molecular weight is 377 g/mol. The molecule has 0 spiro atoms. The molecule has 3 aliphatic rings. The molecule has 144 valence electrons. The first kappa shape index (κ1) is 17.2. The van der Waals surface area contributed by atoms with E-state index in [2.05, 4.69) is 33.7 Å². The van der Waals surface area contributed by atoms with Gasteiger partial charge in [0.2, 0.25) is 11.8 Å². The minimum atomic E-state index is -0.0229. The number of methoxy groups -OCH3 is 1. The molecule has 28 heavy (non-hydrogen) atoms. The fourth-order valence-corrected chi connectivity index (χ4v) is 4.60. The topological polar surface area (TPSA) is 73.3 Å². The summed E-state index contributed by atoms with van der Waals surface area (Å²) in [4.78, 5) is 12.5. The van der Waals surface area contributed by atoms with Gasteiger partial charge in [0, 0.05) is 24.0 Å². The Kier molecular flexibility index (Phi) is 4.26. The number of allylic oxidation sites excluding steroid dienone is 2. The van der Waals surface area contributed by atoms with Gasteiger partial charge in [-0.2, -0.15) is 0 Å².